The van der Waals surface area contributed by atoms with Crippen molar-refractivity contribution in [2.45, 2.75) is 6.92 Å². The van der Waals surface area contributed by atoms with Crippen molar-refractivity contribution in [1.29, 1.82) is 10.7 Å². The van der Waals surface area contributed by atoms with Gasteiger partial charge >= 0.3 is 0 Å². The number of benzene rings is 1. The van der Waals surface area contributed by atoms with Crippen LogP contribution in [-0.2, 0) is 0 Å². The molecule has 0 saturated carbocycles. The summed E-state index contributed by atoms with van der Waals surface area (Å²) in [7, 11) is 0. The molecule has 0 amide bonds. The Kier molecular flexibility index (Phi) is 4.87. The molecule has 84 valence electrons. The van der Waals surface area contributed by atoms with Gasteiger partial charge in [-0.25, -0.2) is 0 Å². The van der Waals surface area contributed by atoms with E-state index in [9.17, 15) is 0 Å². The van der Waals surface area contributed by atoms with Gasteiger partial charge in [0.2, 0.25) is 0 Å². The molecule has 0 radical (unpaired) electrons. The summed E-state index contributed by atoms with van der Waals surface area (Å²) in [4.78, 5) is 0. The van der Waals surface area contributed by atoms with Gasteiger partial charge in [0, 0.05) is 11.3 Å². The van der Waals surface area contributed by atoms with Crippen molar-refractivity contribution in [3.05, 3.63) is 40.8 Å². The van der Waals surface area contributed by atoms with E-state index in [1.807, 2.05) is 19.1 Å². The number of nitrogens with one attached hydrogen (secondary N) is 1. The van der Waals surface area contributed by atoms with Crippen molar-refractivity contribution < 1.29 is 0 Å². The topological polar surface area (TPSA) is 73.7 Å². The van der Waals surface area contributed by atoms with Crippen LogP contribution in [0.1, 0.15) is 18.1 Å². The maximum absolute atomic E-state index is 8.75. The molecule has 3 N–H and O–H groups in total. The van der Waals surface area contributed by atoms with Crippen LogP contribution in [0.5, 0.6) is 0 Å². The average molecular weight is 241 g/mol. The van der Waals surface area contributed by atoms with Gasteiger partial charge in [-0.2, -0.15) is 5.26 Å². The minimum atomic E-state index is 0.241. The van der Waals surface area contributed by atoms with Crippen LogP contribution in [0.3, 0.4) is 0 Å². The highest BCUT2D eigenvalue weighted by Gasteiger charge is 1.97. The summed E-state index contributed by atoms with van der Waals surface area (Å²) in [5.41, 5.74) is 7.33. The zero-order valence-electron chi connectivity index (χ0n) is 9.32. The number of hydrogen-bond donors (Lipinski definition) is 2. The second-order valence-electron chi connectivity index (χ2n) is 3.08. The summed E-state index contributed by atoms with van der Waals surface area (Å²) in [5, 5.41) is 18.3. The summed E-state index contributed by atoms with van der Waals surface area (Å²) in [5.74, 6) is 5.47. The Hall–Kier alpha value is -2.17. The predicted octanol–water partition coefficient (Wildman–Crippen LogP) is 2.74. The molecule has 0 unspecified atom stereocenters. The molecule has 0 aliphatic heterocycles. The lowest BCUT2D eigenvalue weighted by molar-refractivity contribution is 1.48. The summed E-state index contributed by atoms with van der Waals surface area (Å²) in [6, 6.07) is 6.93. The lowest BCUT2D eigenvalue weighted by Gasteiger charge is -1.97. The van der Waals surface area contributed by atoms with Crippen LogP contribution in [0.2, 0.25) is 0 Å². The highest BCUT2D eigenvalue weighted by molar-refractivity contribution is 8.16. The molecular formula is C13H11N3S. The van der Waals surface area contributed by atoms with Crippen LogP contribution < -0.4 is 5.73 Å². The second kappa shape index (κ2) is 6.42. The predicted molar refractivity (Wildman–Crippen MR) is 72.6 cm³/mol. The van der Waals surface area contributed by atoms with E-state index in [2.05, 4.69) is 11.8 Å². The molecule has 1 aromatic rings. The molecule has 0 saturated heterocycles. The average Bonchev–Trinajstić information content (AvgIpc) is 2.35. The molecule has 0 heterocycles. The first-order chi connectivity index (χ1) is 8.17. The molecule has 0 bridgehead atoms. The third-order valence-corrected chi connectivity index (χ3v) is 2.56. The Labute approximate surface area is 105 Å². The number of anilines is 1. The van der Waals surface area contributed by atoms with Crippen LogP contribution in [0.15, 0.2) is 29.7 Å². The van der Waals surface area contributed by atoms with Crippen LogP contribution in [0.4, 0.5) is 5.69 Å². The van der Waals surface area contributed by atoms with Gasteiger partial charge < -0.3 is 5.73 Å². The molecule has 17 heavy (non-hydrogen) atoms. The Morgan fingerprint density at radius 3 is 2.94 bits per heavy atom. The quantitative estimate of drug-likeness (QED) is 0.343. The Balaban J connectivity index is 2.92. The highest BCUT2D eigenvalue weighted by Crippen LogP contribution is 2.12. The molecule has 3 nitrogen and oxygen atoms in total. The molecule has 0 fully saturated rings. The number of thioether (sulfide) groups is 1. The van der Waals surface area contributed by atoms with Crippen molar-refractivity contribution in [2.24, 2.45) is 0 Å². The van der Waals surface area contributed by atoms with E-state index in [1.165, 1.54) is 11.8 Å². The van der Waals surface area contributed by atoms with E-state index in [4.69, 9.17) is 16.4 Å². The lowest BCUT2D eigenvalue weighted by atomic mass is 10.1. The van der Waals surface area contributed by atoms with Crippen molar-refractivity contribution >= 4 is 22.5 Å². The number of nitriles is 1. The highest BCUT2D eigenvalue weighted by atomic mass is 32.2. The molecule has 0 atom stereocenters. The maximum atomic E-state index is 8.75. The third kappa shape index (κ3) is 4.06. The van der Waals surface area contributed by atoms with E-state index >= 15 is 0 Å². The van der Waals surface area contributed by atoms with E-state index in [-0.39, 0.29) is 5.04 Å². The smallest absolute Gasteiger partial charge is 0.143 e. The molecular weight excluding hydrogens is 230 g/mol. The first-order valence-electron chi connectivity index (χ1n) is 4.85. The Morgan fingerprint density at radius 1 is 1.53 bits per heavy atom. The number of allylic oxidation sites excluding steroid dienone is 1. The zero-order chi connectivity index (χ0) is 12.7. The molecule has 0 aromatic heterocycles. The van der Waals surface area contributed by atoms with Gasteiger partial charge in [0.05, 0.1) is 11.6 Å². The minimum absolute atomic E-state index is 0.241. The summed E-state index contributed by atoms with van der Waals surface area (Å²) in [6.45, 7) is 1.88. The van der Waals surface area contributed by atoms with Crippen LogP contribution in [0, 0.1) is 28.6 Å². The second-order valence-corrected chi connectivity index (χ2v) is 4.00. The number of nitrogen functional groups attached to an aromatic ring is 1. The third-order valence-electron chi connectivity index (χ3n) is 1.82. The molecule has 0 aliphatic carbocycles. The monoisotopic (exact) mass is 241 g/mol. The van der Waals surface area contributed by atoms with E-state index in [1.54, 1.807) is 23.6 Å². The van der Waals surface area contributed by atoms with Crippen molar-refractivity contribution in [2.75, 3.05) is 5.73 Å². The van der Waals surface area contributed by atoms with Gasteiger partial charge in [-0.3, -0.25) is 5.41 Å². The summed E-state index contributed by atoms with van der Waals surface area (Å²) in [6.07, 6.45) is 1.84. The normalized spacial score (nSPS) is 9.41. The van der Waals surface area contributed by atoms with Gasteiger partial charge in [0.1, 0.15) is 5.04 Å². The standard InChI is InChI=1S/C13H11N3S/c1-2-7-17-13(16)6-4-11-8-10(9-14)3-5-12(11)15/h2-3,5,7-8,16H,15H2,1H3/b7-2-,16-13?. The zero-order valence-corrected chi connectivity index (χ0v) is 10.1. The molecule has 0 spiro atoms. The van der Waals surface area contributed by atoms with E-state index in [0.717, 1.165) is 0 Å². The van der Waals surface area contributed by atoms with Crippen LogP contribution in [-0.4, -0.2) is 5.04 Å². The number of nitrogens with two attached hydrogens (primary N) is 1. The van der Waals surface area contributed by atoms with Crippen LogP contribution in [0.25, 0.3) is 0 Å². The van der Waals surface area contributed by atoms with Crippen molar-refractivity contribution in [3.63, 3.8) is 0 Å². The SMILES string of the molecule is C/C=C\SC(=N)C#Cc1cc(C#N)ccc1N. The number of nitrogens with zero attached hydrogens (tertiary/aromatic N) is 1. The number of rotatable bonds is 1. The molecule has 1 aromatic carbocycles. The van der Waals surface area contributed by atoms with Gasteiger partial charge in [-0.15, -0.1) is 0 Å². The van der Waals surface area contributed by atoms with Gasteiger partial charge in [0.15, 0.2) is 0 Å². The minimum Gasteiger partial charge on any atom is -0.398 e. The summed E-state index contributed by atoms with van der Waals surface area (Å²) >= 11 is 1.23. The van der Waals surface area contributed by atoms with E-state index in [0.29, 0.717) is 16.8 Å². The largest absolute Gasteiger partial charge is 0.398 e. The number of hydrogen-bond acceptors (Lipinski definition) is 4. The van der Waals surface area contributed by atoms with Gasteiger partial charge in [-0.05, 0) is 36.5 Å². The first kappa shape index (κ1) is 12.9. The lowest BCUT2D eigenvalue weighted by Crippen LogP contribution is -1.91. The van der Waals surface area contributed by atoms with Crippen LogP contribution >= 0.6 is 11.8 Å². The fourth-order valence-electron chi connectivity index (χ4n) is 1.02. The van der Waals surface area contributed by atoms with Crippen molar-refractivity contribution in [3.8, 4) is 17.9 Å². The maximum Gasteiger partial charge on any atom is 0.143 e. The molecule has 1 rings (SSSR count). The first-order valence-corrected chi connectivity index (χ1v) is 5.73. The van der Waals surface area contributed by atoms with Gasteiger partial charge in [0.25, 0.3) is 0 Å². The fourth-order valence-corrected chi connectivity index (χ4v) is 1.41. The van der Waals surface area contributed by atoms with Gasteiger partial charge in [-0.1, -0.05) is 23.8 Å². The fraction of sp³-hybridized carbons (Fsp3) is 0.0769. The molecule has 4 heteroatoms. The Morgan fingerprint density at radius 2 is 2.29 bits per heavy atom. The molecule has 0 aliphatic rings. The Bertz CT molecular complexity index is 556. The van der Waals surface area contributed by atoms with E-state index < -0.39 is 0 Å². The summed E-state index contributed by atoms with van der Waals surface area (Å²) < 4.78 is 0. The van der Waals surface area contributed by atoms with Crippen molar-refractivity contribution in [1.82, 2.24) is 0 Å².